The Morgan fingerprint density at radius 3 is 2.77 bits per heavy atom. The van der Waals surface area contributed by atoms with E-state index in [1.165, 1.54) is 5.56 Å². The summed E-state index contributed by atoms with van der Waals surface area (Å²) in [5.41, 5.74) is 1.39. The van der Waals surface area contributed by atoms with Gasteiger partial charge in [-0.25, -0.2) is 0 Å². The minimum absolute atomic E-state index is 0.0430. The van der Waals surface area contributed by atoms with Gasteiger partial charge >= 0.3 is 5.97 Å². The molecule has 0 radical (unpaired) electrons. The number of hydrogen-bond acceptors (Lipinski definition) is 4. The molecule has 26 heavy (non-hydrogen) atoms. The number of hydrogen-bond donors (Lipinski definition) is 0. The zero-order chi connectivity index (χ0) is 18.3. The van der Waals surface area contributed by atoms with Gasteiger partial charge in [0.05, 0.1) is 25.2 Å². The molecular formula is C21H25NO4. The number of amides is 1. The van der Waals surface area contributed by atoms with Gasteiger partial charge in [-0.05, 0) is 30.5 Å². The molecule has 1 aromatic rings. The quantitative estimate of drug-likeness (QED) is 0.447. The molecule has 0 saturated carbocycles. The molecule has 0 aliphatic carbocycles. The van der Waals surface area contributed by atoms with Crippen molar-refractivity contribution in [3.05, 3.63) is 42.0 Å². The van der Waals surface area contributed by atoms with Gasteiger partial charge in [0.25, 0.3) is 0 Å². The van der Waals surface area contributed by atoms with Gasteiger partial charge < -0.3 is 14.4 Å². The van der Waals surface area contributed by atoms with Gasteiger partial charge in [0, 0.05) is 5.69 Å². The maximum absolute atomic E-state index is 13.2. The number of anilines is 1. The minimum Gasteiger partial charge on any atom is -0.465 e. The number of ether oxygens (including phenoxy) is 2. The van der Waals surface area contributed by atoms with Crippen molar-refractivity contribution in [2.45, 2.75) is 44.8 Å². The predicted octanol–water partition coefficient (Wildman–Crippen LogP) is 2.88. The second-order valence-electron chi connectivity index (χ2n) is 7.37. The maximum atomic E-state index is 13.2. The highest BCUT2D eigenvalue weighted by Crippen LogP contribution is 2.52. The standard InChI is InChI=1S/C21H25NO4/c1-3-5-12-25-20(24)17-16-10-11-21(26-16)13-22(19(23)18(17)21)15-8-6-14(4-2)7-9-15/h6-11,16-18H,3-5,12-13H2,1-2H3. The average molecular weight is 355 g/mol. The summed E-state index contributed by atoms with van der Waals surface area (Å²) in [5, 5.41) is 0. The Hall–Kier alpha value is -2.14. The second kappa shape index (κ2) is 6.54. The lowest BCUT2D eigenvalue weighted by atomic mass is 9.77. The molecule has 4 rings (SSSR count). The van der Waals surface area contributed by atoms with Crippen molar-refractivity contribution < 1.29 is 19.1 Å². The number of nitrogens with zero attached hydrogens (tertiary/aromatic N) is 1. The molecule has 4 unspecified atom stereocenters. The van der Waals surface area contributed by atoms with Crippen LogP contribution in [0, 0.1) is 11.8 Å². The van der Waals surface area contributed by atoms with Crippen molar-refractivity contribution in [1.29, 1.82) is 0 Å². The lowest BCUT2D eigenvalue weighted by Gasteiger charge is -2.22. The summed E-state index contributed by atoms with van der Waals surface area (Å²) in [5.74, 6) is -1.38. The molecule has 0 N–H and O–H groups in total. The third-order valence-corrected chi connectivity index (χ3v) is 5.77. The van der Waals surface area contributed by atoms with Gasteiger partial charge in [0.15, 0.2) is 0 Å². The van der Waals surface area contributed by atoms with Crippen molar-refractivity contribution >= 4 is 17.6 Å². The van der Waals surface area contributed by atoms with E-state index in [4.69, 9.17) is 9.47 Å². The molecule has 3 aliphatic heterocycles. The summed E-state index contributed by atoms with van der Waals surface area (Å²) < 4.78 is 11.5. The van der Waals surface area contributed by atoms with E-state index in [1.54, 1.807) is 4.90 Å². The zero-order valence-corrected chi connectivity index (χ0v) is 15.3. The SMILES string of the molecule is CCCCOC(=O)C1C2C=CC3(CN(c4ccc(CC)cc4)C(=O)C13)O2. The number of rotatable bonds is 6. The van der Waals surface area contributed by atoms with Crippen LogP contribution in [0.25, 0.3) is 0 Å². The topological polar surface area (TPSA) is 55.8 Å². The molecule has 1 spiro atoms. The van der Waals surface area contributed by atoms with Gasteiger partial charge in [-0.2, -0.15) is 0 Å². The Balaban J connectivity index is 1.57. The summed E-state index contributed by atoms with van der Waals surface area (Å²) in [6.45, 7) is 5.01. The molecule has 3 heterocycles. The van der Waals surface area contributed by atoms with Gasteiger partial charge in [0.2, 0.25) is 5.91 Å². The van der Waals surface area contributed by atoms with Crippen LogP contribution in [0.5, 0.6) is 0 Å². The first-order valence-corrected chi connectivity index (χ1v) is 9.54. The molecule has 5 nitrogen and oxygen atoms in total. The molecule has 1 amide bonds. The van der Waals surface area contributed by atoms with Gasteiger partial charge in [0.1, 0.15) is 11.5 Å². The number of aryl methyl sites for hydroxylation is 1. The van der Waals surface area contributed by atoms with Crippen LogP contribution >= 0.6 is 0 Å². The highest BCUT2D eigenvalue weighted by atomic mass is 16.6. The molecule has 2 fully saturated rings. The fourth-order valence-electron chi connectivity index (χ4n) is 4.31. The molecule has 2 bridgehead atoms. The second-order valence-corrected chi connectivity index (χ2v) is 7.37. The average Bonchev–Trinajstić information content (AvgIpc) is 3.30. The molecule has 138 valence electrons. The molecule has 3 aliphatic rings. The molecule has 4 atom stereocenters. The third kappa shape index (κ3) is 2.57. The lowest BCUT2D eigenvalue weighted by molar-refractivity contribution is -0.152. The van der Waals surface area contributed by atoms with E-state index in [2.05, 4.69) is 6.92 Å². The van der Waals surface area contributed by atoms with Crippen molar-refractivity contribution in [3.63, 3.8) is 0 Å². The lowest BCUT2D eigenvalue weighted by Crippen LogP contribution is -2.40. The first-order chi connectivity index (χ1) is 12.6. The number of carbonyl (C=O) groups is 2. The Morgan fingerprint density at radius 1 is 1.31 bits per heavy atom. The van der Waals surface area contributed by atoms with Gasteiger partial charge in [-0.1, -0.05) is 44.6 Å². The van der Waals surface area contributed by atoms with Crippen LogP contribution in [-0.4, -0.2) is 36.7 Å². The van der Waals surface area contributed by atoms with E-state index >= 15 is 0 Å². The van der Waals surface area contributed by atoms with Crippen molar-refractivity contribution in [2.75, 3.05) is 18.1 Å². The summed E-state index contributed by atoms with van der Waals surface area (Å²) >= 11 is 0. The Morgan fingerprint density at radius 2 is 2.08 bits per heavy atom. The summed E-state index contributed by atoms with van der Waals surface area (Å²) in [4.78, 5) is 27.5. The Bertz CT molecular complexity index is 741. The molecule has 2 saturated heterocycles. The number of fused-ring (bicyclic) bond motifs is 1. The van der Waals surface area contributed by atoms with Crippen LogP contribution < -0.4 is 4.90 Å². The van der Waals surface area contributed by atoms with Crippen LogP contribution in [0.4, 0.5) is 5.69 Å². The highest BCUT2D eigenvalue weighted by molar-refractivity contribution is 6.02. The maximum Gasteiger partial charge on any atom is 0.312 e. The number of unbranched alkanes of at least 4 members (excludes halogenated alkanes) is 1. The van der Waals surface area contributed by atoms with Crippen LogP contribution in [0.1, 0.15) is 32.3 Å². The van der Waals surface area contributed by atoms with Crippen molar-refractivity contribution in [1.82, 2.24) is 0 Å². The first kappa shape index (κ1) is 17.3. The summed E-state index contributed by atoms with van der Waals surface area (Å²) in [6.07, 6.45) is 6.29. The highest BCUT2D eigenvalue weighted by Gasteiger charge is 2.67. The monoisotopic (exact) mass is 355 g/mol. The smallest absolute Gasteiger partial charge is 0.312 e. The van der Waals surface area contributed by atoms with Crippen LogP contribution in [0.15, 0.2) is 36.4 Å². The number of esters is 1. The molecule has 1 aromatic carbocycles. The largest absolute Gasteiger partial charge is 0.465 e. The Kier molecular flexibility index (Phi) is 4.35. The van der Waals surface area contributed by atoms with Crippen LogP contribution in [0.3, 0.4) is 0 Å². The first-order valence-electron chi connectivity index (χ1n) is 9.54. The van der Waals surface area contributed by atoms with Crippen LogP contribution in [0.2, 0.25) is 0 Å². The van der Waals surface area contributed by atoms with E-state index in [0.29, 0.717) is 13.2 Å². The van der Waals surface area contributed by atoms with Gasteiger partial charge in [-0.15, -0.1) is 0 Å². The number of benzene rings is 1. The van der Waals surface area contributed by atoms with E-state index in [-0.39, 0.29) is 18.0 Å². The predicted molar refractivity (Wildman–Crippen MR) is 97.8 cm³/mol. The minimum atomic E-state index is -0.695. The van der Waals surface area contributed by atoms with E-state index in [1.807, 2.05) is 43.3 Å². The fraction of sp³-hybridized carbons (Fsp3) is 0.524. The van der Waals surface area contributed by atoms with Crippen molar-refractivity contribution in [2.24, 2.45) is 11.8 Å². The molecule has 0 aromatic heterocycles. The number of carbonyl (C=O) groups excluding carboxylic acids is 2. The van der Waals surface area contributed by atoms with Gasteiger partial charge in [-0.3, -0.25) is 9.59 Å². The summed E-state index contributed by atoms with van der Waals surface area (Å²) in [6, 6.07) is 8.02. The summed E-state index contributed by atoms with van der Waals surface area (Å²) in [7, 11) is 0. The normalized spacial score (nSPS) is 31.5. The third-order valence-electron chi connectivity index (χ3n) is 5.77. The van der Waals surface area contributed by atoms with E-state index in [0.717, 1.165) is 24.9 Å². The molecular weight excluding hydrogens is 330 g/mol. The Labute approximate surface area is 154 Å². The molecule has 5 heteroatoms. The zero-order valence-electron chi connectivity index (χ0n) is 15.3. The van der Waals surface area contributed by atoms with E-state index in [9.17, 15) is 9.59 Å². The fourth-order valence-corrected chi connectivity index (χ4v) is 4.31. The van der Waals surface area contributed by atoms with Crippen LogP contribution in [-0.2, 0) is 25.5 Å². The van der Waals surface area contributed by atoms with Crippen molar-refractivity contribution in [3.8, 4) is 0 Å². The van der Waals surface area contributed by atoms with E-state index < -0.39 is 17.4 Å².